The molecule has 0 bridgehead atoms. The number of hydrogen-bond donors (Lipinski definition) is 0. The van der Waals surface area contributed by atoms with Crippen molar-refractivity contribution in [1.29, 1.82) is 5.26 Å². The molecule has 1 atom stereocenters. The van der Waals surface area contributed by atoms with E-state index in [-0.39, 0.29) is 11.5 Å². The minimum atomic E-state index is -0.576. The van der Waals surface area contributed by atoms with Crippen LogP contribution < -0.4 is 9.64 Å². The van der Waals surface area contributed by atoms with Gasteiger partial charge in [0, 0.05) is 26.2 Å². The van der Waals surface area contributed by atoms with Crippen LogP contribution in [0.15, 0.2) is 48.5 Å². The van der Waals surface area contributed by atoms with E-state index in [1.165, 1.54) is 6.07 Å². The minimum absolute atomic E-state index is 0.0491. The molecule has 0 spiro atoms. The first-order chi connectivity index (χ1) is 12.6. The summed E-state index contributed by atoms with van der Waals surface area (Å²) in [4.78, 5) is 16.3. The summed E-state index contributed by atoms with van der Waals surface area (Å²) in [7, 11) is 0. The van der Waals surface area contributed by atoms with Gasteiger partial charge in [-0.1, -0.05) is 24.3 Å². The van der Waals surface area contributed by atoms with E-state index >= 15 is 0 Å². The normalized spacial score (nSPS) is 15.3. The standard InChI is InChI=1S/C20H20FN3O2/c1-15(26-16-6-3-2-4-7-16)20(25)24-12-10-23(11-13-24)19-9-5-8-18(21)17(19)14-22/h2-9,15H,10-13H2,1H3. The van der Waals surface area contributed by atoms with Crippen LogP contribution in [0.3, 0.4) is 0 Å². The van der Waals surface area contributed by atoms with Gasteiger partial charge in [-0.3, -0.25) is 4.79 Å². The Bertz CT molecular complexity index is 812. The molecule has 6 heteroatoms. The number of carbonyl (C=O) groups is 1. The SMILES string of the molecule is CC(Oc1ccccc1)C(=O)N1CCN(c2cccc(F)c2C#N)CC1. The zero-order chi connectivity index (χ0) is 18.5. The summed E-state index contributed by atoms with van der Waals surface area (Å²) in [6.45, 7) is 3.83. The monoisotopic (exact) mass is 353 g/mol. The molecule has 1 unspecified atom stereocenters. The predicted molar refractivity (Wildman–Crippen MR) is 96.4 cm³/mol. The molecule has 0 N–H and O–H groups in total. The maximum atomic E-state index is 13.8. The van der Waals surface area contributed by atoms with Crippen molar-refractivity contribution in [2.75, 3.05) is 31.1 Å². The molecular formula is C20H20FN3O2. The lowest BCUT2D eigenvalue weighted by Crippen LogP contribution is -2.52. The Balaban J connectivity index is 1.61. The fourth-order valence-corrected chi connectivity index (χ4v) is 3.07. The van der Waals surface area contributed by atoms with Crippen LogP contribution in [-0.2, 0) is 4.79 Å². The highest BCUT2D eigenvalue weighted by molar-refractivity contribution is 5.81. The third-order valence-electron chi connectivity index (χ3n) is 4.44. The molecule has 1 amide bonds. The molecule has 5 nitrogen and oxygen atoms in total. The van der Waals surface area contributed by atoms with E-state index in [0.717, 1.165) is 0 Å². The quantitative estimate of drug-likeness (QED) is 0.848. The van der Waals surface area contributed by atoms with E-state index in [9.17, 15) is 14.4 Å². The maximum absolute atomic E-state index is 13.8. The first-order valence-corrected chi connectivity index (χ1v) is 8.54. The van der Waals surface area contributed by atoms with Gasteiger partial charge in [0.1, 0.15) is 23.2 Å². The number of piperazine rings is 1. The molecule has 0 saturated carbocycles. The Hall–Kier alpha value is -3.07. The molecule has 3 rings (SSSR count). The average Bonchev–Trinajstić information content (AvgIpc) is 2.68. The largest absolute Gasteiger partial charge is 0.481 e. The zero-order valence-electron chi connectivity index (χ0n) is 14.6. The summed E-state index contributed by atoms with van der Waals surface area (Å²) in [5, 5.41) is 9.19. The summed E-state index contributed by atoms with van der Waals surface area (Å²) >= 11 is 0. The molecule has 0 aliphatic carbocycles. The molecule has 26 heavy (non-hydrogen) atoms. The lowest BCUT2D eigenvalue weighted by Gasteiger charge is -2.37. The number of ether oxygens (including phenoxy) is 1. The van der Waals surface area contributed by atoms with Crippen molar-refractivity contribution < 1.29 is 13.9 Å². The van der Waals surface area contributed by atoms with Gasteiger partial charge in [0.25, 0.3) is 5.91 Å². The number of anilines is 1. The first-order valence-electron chi connectivity index (χ1n) is 8.54. The van der Waals surface area contributed by atoms with Crippen molar-refractivity contribution in [2.45, 2.75) is 13.0 Å². The fraction of sp³-hybridized carbons (Fsp3) is 0.300. The van der Waals surface area contributed by atoms with E-state index in [2.05, 4.69) is 0 Å². The van der Waals surface area contributed by atoms with Crippen LogP contribution in [0.4, 0.5) is 10.1 Å². The van der Waals surface area contributed by atoms with Gasteiger partial charge >= 0.3 is 0 Å². The predicted octanol–water partition coefficient (Wildman–Crippen LogP) is 2.81. The van der Waals surface area contributed by atoms with E-state index in [1.807, 2.05) is 41.3 Å². The molecule has 1 aliphatic heterocycles. The van der Waals surface area contributed by atoms with Crippen molar-refractivity contribution in [3.63, 3.8) is 0 Å². The third-order valence-corrected chi connectivity index (χ3v) is 4.44. The van der Waals surface area contributed by atoms with Gasteiger partial charge in [-0.25, -0.2) is 4.39 Å². The van der Waals surface area contributed by atoms with E-state index in [4.69, 9.17) is 4.74 Å². The van der Waals surface area contributed by atoms with Crippen LogP contribution in [0.25, 0.3) is 0 Å². The van der Waals surface area contributed by atoms with Crippen LogP contribution in [0.5, 0.6) is 5.75 Å². The van der Waals surface area contributed by atoms with Crippen molar-refractivity contribution >= 4 is 11.6 Å². The Morgan fingerprint density at radius 3 is 2.46 bits per heavy atom. The van der Waals surface area contributed by atoms with Gasteiger partial charge in [-0.2, -0.15) is 5.26 Å². The zero-order valence-corrected chi connectivity index (χ0v) is 14.6. The highest BCUT2D eigenvalue weighted by Gasteiger charge is 2.27. The number of benzene rings is 2. The number of carbonyl (C=O) groups excluding carboxylic acids is 1. The first kappa shape index (κ1) is 17.7. The molecule has 2 aromatic carbocycles. The topological polar surface area (TPSA) is 56.6 Å². The van der Waals surface area contributed by atoms with Gasteiger partial charge in [-0.15, -0.1) is 0 Å². The summed E-state index contributed by atoms with van der Waals surface area (Å²) in [6.07, 6.45) is -0.576. The summed E-state index contributed by atoms with van der Waals surface area (Å²) in [6, 6.07) is 15.8. The minimum Gasteiger partial charge on any atom is -0.481 e. The summed E-state index contributed by atoms with van der Waals surface area (Å²) in [5.74, 6) is 0.0621. The number of halogens is 1. The number of hydrogen-bond acceptors (Lipinski definition) is 4. The molecular weight excluding hydrogens is 333 g/mol. The molecule has 1 aliphatic rings. The van der Waals surface area contributed by atoms with Crippen molar-refractivity contribution in [3.8, 4) is 11.8 Å². The van der Waals surface area contributed by atoms with Gasteiger partial charge < -0.3 is 14.5 Å². The smallest absolute Gasteiger partial charge is 0.263 e. The van der Waals surface area contributed by atoms with Crippen LogP contribution in [0.1, 0.15) is 12.5 Å². The highest BCUT2D eigenvalue weighted by Crippen LogP contribution is 2.24. The van der Waals surface area contributed by atoms with E-state index in [1.54, 1.807) is 24.0 Å². The van der Waals surface area contributed by atoms with Crippen molar-refractivity contribution in [1.82, 2.24) is 4.90 Å². The van der Waals surface area contributed by atoms with Gasteiger partial charge in [0.15, 0.2) is 6.10 Å². The lowest BCUT2D eigenvalue weighted by atomic mass is 10.1. The van der Waals surface area contributed by atoms with Crippen molar-refractivity contribution in [2.24, 2.45) is 0 Å². The van der Waals surface area contributed by atoms with E-state index < -0.39 is 11.9 Å². The van der Waals surface area contributed by atoms with E-state index in [0.29, 0.717) is 37.6 Å². The molecule has 2 aromatic rings. The lowest BCUT2D eigenvalue weighted by molar-refractivity contribution is -0.138. The number of rotatable bonds is 4. The molecule has 134 valence electrons. The number of para-hydroxylation sites is 1. The molecule has 1 heterocycles. The van der Waals surface area contributed by atoms with Crippen LogP contribution in [-0.4, -0.2) is 43.1 Å². The second kappa shape index (κ2) is 7.87. The average molecular weight is 353 g/mol. The number of nitriles is 1. The molecule has 1 fully saturated rings. The maximum Gasteiger partial charge on any atom is 0.263 e. The molecule has 0 radical (unpaired) electrons. The van der Waals surface area contributed by atoms with Crippen LogP contribution in [0, 0.1) is 17.1 Å². The Labute approximate surface area is 152 Å². The Kier molecular flexibility index (Phi) is 5.37. The Morgan fingerprint density at radius 2 is 1.81 bits per heavy atom. The third kappa shape index (κ3) is 3.77. The molecule has 0 aromatic heterocycles. The van der Waals surface area contributed by atoms with Gasteiger partial charge in [0.05, 0.1) is 5.69 Å². The summed E-state index contributed by atoms with van der Waals surface area (Å²) in [5.41, 5.74) is 0.626. The molecule has 1 saturated heterocycles. The fourth-order valence-electron chi connectivity index (χ4n) is 3.07. The van der Waals surface area contributed by atoms with Gasteiger partial charge in [-0.05, 0) is 31.2 Å². The number of amides is 1. The van der Waals surface area contributed by atoms with Gasteiger partial charge in [0.2, 0.25) is 0 Å². The summed E-state index contributed by atoms with van der Waals surface area (Å²) < 4.78 is 19.5. The highest BCUT2D eigenvalue weighted by atomic mass is 19.1. The second-order valence-electron chi connectivity index (χ2n) is 6.13. The van der Waals surface area contributed by atoms with Crippen LogP contribution >= 0.6 is 0 Å². The van der Waals surface area contributed by atoms with Crippen molar-refractivity contribution in [3.05, 3.63) is 59.9 Å². The second-order valence-corrected chi connectivity index (χ2v) is 6.13. The number of nitrogens with zero attached hydrogens (tertiary/aromatic N) is 3. The van der Waals surface area contributed by atoms with Crippen LogP contribution in [0.2, 0.25) is 0 Å². The Morgan fingerprint density at radius 1 is 1.12 bits per heavy atom.